The van der Waals surface area contributed by atoms with Gasteiger partial charge in [-0.15, -0.1) is 0 Å². The molecular formula is C22H20ClN3O4S. The monoisotopic (exact) mass is 457 g/mol. The highest BCUT2D eigenvalue weighted by Crippen LogP contribution is 2.20. The molecule has 0 saturated heterocycles. The van der Waals surface area contributed by atoms with Crippen LogP contribution in [0.1, 0.15) is 20.7 Å². The zero-order valence-electron chi connectivity index (χ0n) is 16.8. The van der Waals surface area contributed by atoms with Crippen LogP contribution in [-0.2, 0) is 10.0 Å². The Morgan fingerprint density at radius 3 is 2.03 bits per heavy atom. The molecular weight excluding hydrogens is 438 g/mol. The molecule has 0 aliphatic carbocycles. The Bertz CT molecular complexity index is 1210. The van der Waals surface area contributed by atoms with Gasteiger partial charge < -0.3 is 10.6 Å². The molecule has 0 heterocycles. The van der Waals surface area contributed by atoms with Crippen LogP contribution in [0.15, 0.2) is 77.7 Å². The summed E-state index contributed by atoms with van der Waals surface area (Å²) in [7, 11) is -0.723. The Morgan fingerprint density at radius 1 is 0.806 bits per heavy atom. The highest BCUT2D eigenvalue weighted by Gasteiger charge is 2.18. The van der Waals surface area contributed by atoms with Crippen LogP contribution in [0.4, 0.5) is 11.4 Å². The van der Waals surface area contributed by atoms with Gasteiger partial charge in [-0.25, -0.2) is 12.7 Å². The number of para-hydroxylation sites is 1. The van der Waals surface area contributed by atoms with Gasteiger partial charge >= 0.3 is 0 Å². The summed E-state index contributed by atoms with van der Waals surface area (Å²) in [6.07, 6.45) is 0. The topological polar surface area (TPSA) is 95.6 Å². The number of rotatable bonds is 6. The predicted octanol–water partition coefficient (Wildman–Crippen LogP) is 4.09. The van der Waals surface area contributed by atoms with Gasteiger partial charge in [0.25, 0.3) is 11.8 Å². The summed E-state index contributed by atoms with van der Waals surface area (Å²) in [6, 6.07) is 18.8. The molecule has 0 atom stereocenters. The van der Waals surface area contributed by atoms with Crippen molar-refractivity contribution in [3.63, 3.8) is 0 Å². The number of carbonyl (C=O) groups is 2. The van der Waals surface area contributed by atoms with Gasteiger partial charge in [0.2, 0.25) is 10.0 Å². The lowest BCUT2D eigenvalue weighted by Gasteiger charge is -2.13. The van der Waals surface area contributed by atoms with E-state index in [0.717, 1.165) is 4.31 Å². The van der Waals surface area contributed by atoms with Crippen LogP contribution in [0.2, 0.25) is 5.02 Å². The maximum atomic E-state index is 12.7. The molecule has 0 spiro atoms. The van der Waals surface area contributed by atoms with E-state index in [0.29, 0.717) is 16.4 Å². The molecule has 2 N–H and O–H groups in total. The molecule has 160 valence electrons. The highest BCUT2D eigenvalue weighted by atomic mass is 35.5. The molecule has 0 aromatic heterocycles. The van der Waals surface area contributed by atoms with Crippen molar-refractivity contribution >= 4 is 44.8 Å². The lowest BCUT2D eigenvalue weighted by Crippen LogP contribution is -2.22. The zero-order chi connectivity index (χ0) is 22.6. The Hall–Kier alpha value is -3.20. The number of carbonyl (C=O) groups excluding carboxylic acids is 2. The summed E-state index contributed by atoms with van der Waals surface area (Å²) in [5.41, 5.74) is 1.42. The Labute approximate surface area is 185 Å². The number of hydrogen-bond donors (Lipinski definition) is 2. The van der Waals surface area contributed by atoms with Crippen molar-refractivity contribution in [2.45, 2.75) is 4.90 Å². The molecule has 2 amide bonds. The molecule has 0 radical (unpaired) electrons. The third kappa shape index (κ3) is 5.29. The van der Waals surface area contributed by atoms with Crippen LogP contribution in [-0.4, -0.2) is 38.6 Å². The van der Waals surface area contributed by atoms with Crippen LogP contribution >= 0.6 is 11.6 Å². The number of nitrogens with one attached hydrogen (secondary N) is 2. The molecule has 7 nitrogen and oxygen atoms in total. The summed E-state index contributed by atoms with van der Waals surface area (Å²) in [5.74, 6) is -0.869. The fourth-order valence-corrected chi connectivity index (χ4v) is 3.73. The second-order valence-electron chi connectivity index (χ2n) is 6.77. The Kier molecular flexibility index (Phi) is 6.74. The van der Waals surface area contributed by atoms with Crippen molar-refractivity contribution in [3.05, 3.63) is 88.9 Å². The van der Waals surface area contributed by atoms with Gasteiger partial charge in [-0.2, -0.15) is 0 Å². The van der Waals surface area contributed by atoms with E-state index in [9.17, 15) is 18.0 Å². The number of benzene rings is 3. The zero-order valence-corrected chi connectivity index (χ0v) is 18.4. The van der Waals surface area contributed by atoms with E-state index in [1.54, 1.807) is 48.5 Å². The van der Waals surface area contributed by atoms with Crippen molar-refractivity contribution in [1.82, 2.24) is 4.31 Å². The van der Waals surface area contributed by atoms with E-state index in [1.807, 2.05) is 0 Å². The number of nitrogens with zero attached hydrogens (tertiary/aromatic N) is 1. The first-order valence-electron chi connectivity index (χ1n) is 9.18. The minimum absolute atomic E-state index is 0.0804. The summed E-state index contributed by atoms with van der Waals surface area (Å²) in [6.45, 7) is 0. The second-order valence-corrected chi connectivity index (χ2v) is 9.36. The van der Waals surface area contributed by atoms with Crippen molar-refractivity contribution in [1.29, 1.82) is 0 Å². The van der Waals surface area contributed by atoms with Gasteiger partial charge in [0.05, 0.1) is 16.1 Å². The first kappa shape index (κ1) is 22.5. The molecule has 0 aliphatic rings. The van der Waals surface area contributed by atoms with Gasteiger partial charge in [-0.1, -0.05) is 23.7 Å². The van der Waals surface area contributed by atoms with Crippen molar-refractivity contribution in [2.24, 2.45) is 0 Å². The van der Waals surface area contributed by atoms with Crippen molar-refractivity contribution < 1.29 is 18.0 Å². The Morgan fingerprint density at radius 2 is 1.42 bits per heavy atom. The van der Waals surface area contributed by atoms with E-state index < -0.39 is 21.8 Å². The maximum Gasteiger partial charge on any atom is 0.257 e. The fraction of sp³-hybridized carbons (Fsp3) is 0.0909. The average Bonchev–Trinajstić information content (AvgIpc) is 2.75. The lowest BCUT2D eigenvalue weighted by atomic mass is 10.1. The van der Waals surface area contributed by atoms with Crippen LogP contribution in [0.25, 0.3) is 0 Å². The van der Waals surface area contributed by atoms with Crippen molar-refractivity contribution in [3.8, 4) is 0 Å². The fourth-order valence-electron chi connectivity index (χ4n) is 2.71. The second kappa shape index (κ2) is 9.30. The number of halogens is 1. The summed E-state index contributed by atoms with van der Waals surface area (Å²) >= 11 is 5.86. The average molecular weight is 458 g/mol. The molecule has 0 fully saturated rings. The smallest absolute Gasteiger partial charge is 0.257 e. The van der Waals surface area contributed by atoms with Gasteiger partial charge in [0, 0.05) is 30.4 Å². The molecule has 9 heteroatoms. The summed E-state index contributed by atoms with van der Waals surface area (Å²) in [4.78, 5) is 25.4. The minimum Gasteiger partial charge on any atom is -0.322 e. The molecule has 0 bridgehead atoms. The van der Waals surface area contributed by atoms with Crippen molar-refractivity contribution in [2.75, 3.05) is 24.7 Å². The largest absolute Gasteiger partial charge is 0.322 e. The number of hydrogen-bond acceptors (Lipinski definition) is 4. The quantitative estimate of drug-likeness (QED) is 0.582. The molecule has 31 heavy (non-hydrogen) atoms. The Balaban J connectivity index is 1.78. The third-order valence-electron chi connectivity index (χ3n) is 4.42. The molecule has 3 aromatic rings. The van der Waals surface area contributed by atoms with Crippen LogP contribution in [0.5, 0.6) is 0 Å². The first-order chi connectivity index (χ1) is 14.7. The van der Waals surface area contributed by atoms with Gasteiger partial charge in [0.1, 0.15) is 0 Å². The third-order valence-corrected chi connectivity index (χ3v) is 6.50. The highest BCUT2D eigenvalue weighted by molar-refractivity contribution is 7.89. The summed E-state index contributed by atoms with van der Waals surface area (Å²) < 4.78 is 25.4. The number of anilines is 2. The van der Waals surface area contributed by atoms with E-state index in [1.165, 1.54) is 38.4 Å². The lowest BCUT2D eigenvalue weighted by molar-refractivity contribution is 0.102. The molecule has 0 unspecified atom stereocenters. The normalized spacial score (nSPS) is 11.2. The van der Waals surface area contributed by atoms with Crippen LogP contribution in [0.3, 0.4) is 0 Å². The number of amides is 2. The van der Waals surface area contributed by atoms with E-state index in [4.69, 9.17) is 11.6 Å². The summed E-state index contributed by atoms with van der Waals surface area (Å²) in [5, 5.41) is 6.01. The van der Waals surface area contributed by atoms with Gasteiger partial charge in [-0.05, 0) is 60.7 Å². The van der Waals surface area contributed by atoms with Gasteiger partial charge in [0.15, 0.2) is 0 Å². The van der Waals surface area contributed by atoms with Crippen LogP contribution < -0.4 is 10.6 Å². The standard InChI is InChI=1S/C22H20ClN3O4S/c1-26(2)31(29,30)18-13-7-15(8-14-18)21(27)25-20-6-4-3-5-19(20)22(28)24-17-11-9-16(23)10-12-17/h3-14H,1-2H3,(H,24,28)(H,25,27). The first-order valence-corrected chi connectivity index (χ1v) is 11.0. The molecule has 3 rings (SSSR count). The maximum absolute atomic E-state index is 12.7. The predicted molar refractivity (Wildman–Crippen MR) is 121 cm³/mol. The molecule has 0 saturated carbocycles. The van der Waals surface area contributed by atoms with E-state index in [-0.39, 0.29) is 16.0 Å². The SMILES string of the molecule is CN(C)S(=O)(=O)c1ccc(C(=O)Nc2ccccc2C(=O)Nc2ccc(Cl)cc2)cc1. The van der Waals surface area contributed by atoms with Gasteiger partial charge in [-0.3, -0.25) is 9.59 Å². The van der Waals surface area contributed by atoms with E-state index >= 15 is 0 Å². The minimum atomic E-state index is -3.59. The van der Waals surface area contributed by atoms with Crippen LogP contribution in [0, 0.1) is 0 Å². The number of sulfonamides is 1. The molecule has 0 aliphatic heterocycles. The van der Waals surface area contributed by atoms with E-state index in [2.05, 4.69) is 10.6 Å². The molecule has 3 aromatic carbocycles.